The molecule has 0 saturated carbocycles. The van der Waals surface area contributed by atoms with Gasteiger partial charge in [0.15, 0.2) is 11.7 Å². The van der Waals surface area contributed by atoms with E-state index < -0.39 is 10.8 Å². The molecule has 0 saturated heterocycles. The van der Waals surface area contributed by atoms with Crippen molar-refractivity contribution in [2.45, 2.75) is 6.92 Å². The Kier molecular flexibility index (Phi) is 6.22. The maximum absolute atomic E-state index is 13.0. The van der Waals surface area contributed by atoms with Gasteiger partial charge in [-0.05, 0) is 31.2 Å². The molecule has 33 heavy (non-hydrogen) atoms. The van der Waals surface area contributed by atoms with Crippen molar-refractivity contribution in [2.75, 3.05) is 16.9 Å². The zero-order valence-electron chi connectivity index (χ0n) is 17.3. The number of amides is 2. The summed E-state index contributed by atoms with van der Waals surface area (Å²) in [4.78, 5) is 39.8. The van der Waals surface area contributed by atoms with Crippen molar-refractivity contribution in [3.05, 3.63) is 81.4 Å². The van der Waals surface area contributed by atoms with E-state index in [1.54, 1.807) is 42.8 Å². The number of nitrogens with one attached hydrogen (secondary N) is 1. The van der Waals surface area contributed by atoms with Gasteiger partial charge in [0, 0.05) is 29.3 Å². The molecule has 1 aliphatic rings. The minimum atomic E-state index is -0.547. The normalized spacial score (nSPS) is 14.3. The molecule has 1 aromatic heterocycles. The van der Waals surface area contributed by atoms with Gasteiger partial charge in [-0.2, -0.15) is 10.1 Å². The van der Waals surface area contributed by atoms with E-state index in [1.165, 1.54) is 40.6 Å². The third kappa shape index (κ3) is 4.93. The summed E-state index contributed by atoms with van der Waals surface area (Å²) < 4.78 is 5.61. The predicted molar refractivity (Wildman–Crippen MR) is 124 cm³/mol. The van der Waals surface area contributed by atoms with Gasteiger partial charge in [0.2, 0.25) is 0 Å². The van der Waals surface area contributed by atoms with Gasteiger partial charge in [-0.1, -0.05) is 18.2 Å². The average molecular weight is 463 g/mol. The van der Waals surface area contributed by atoms with Crippen molar-refractivity contribution >= 4 is 51.4 Å². The number of benzene rings is 2. The minimum absolute atomic E-state index is 0.179. The number of hydrogen-bond acceptors (Lipinski definition) is 8. The van der Waals surface area contributed by atoms with E-state index in [2.05, 4.69) is 15.4 Å². The van der Waals surface area contributed by atoms with Crippen LogP contribution < -0.4 is 15.1 Å². The number of aromatic nitrogens is 1. The number of ether oxygens (including phenoxy) is 1. The summed E-state index contributed by atoms with van der Waals surface area (Å²) in [6, 6.07) is 12.9. The van der Waals surface area contributed by atoms with Crippen LogP contribution in [0.15, 0.2) is 70.8 Å². The Bertz CT molecular complexity index is 1270. The van der Waals surface area contributed by atoms with Crippen molar-refractivity contribution in [1.82, 2.24) is 4.98 Å². The summed E-state index contributed by atoms with van der Waals surface area (Å²) in [5.41, 5.74) is 1.40. The Morgan fingerprint density at radius 3 is 2.76 bits per heavy atom. The van der Waals surface area contributed by atoms with Crippen molar-refractivity contribution in [3.63, 3.8) is 0 Å². The Morgan fingerprint density at radius 1 is 1.27 bits per heavy atom. The molecule has 2 amide bonds. The SMILES string of the molecule is CC1=NN(c2ccccc2)C(=O)/C1=C\c1cc([N+](=O)[O-])ccc1OCC(=O)Nc1nccs1. The van der Waals surface area contributed by atoms with Crippen molar-refractivity contribution < 1.29 is 19.2 Å². The molecule has 2 heterocycles. The second-order valence-electron chi connectivity index (χ2n) is 6.85. The largest absolute Gasteiger partial charge is 0.483 e. The van der Waals surface area contributed by atoms with Crippen LogP contribution in [-0.2, 0) is 9.59 Å². The molecule has 4 rings (SSSR count). The molecule has 0 atom stereocenters. The Balaban J connectivity index is 1.60. The Morgan fingerprint density at radius 2 is 2.06 bits per heavy atom. The average Bonchev–Trinajstić information content (AvgIpc) is 3.42. The first-order chi connectivity index (χ1) is 15.9. The van der Waals surface area contributed by atoms with E-state index in [4.69, 9.17) is 4.74 Å². The van der Waals surface area contributed by atoms with Crippen LogP contribution in [-0.4, -0.2) is 34.0 Å². The monoisotopic (exact) mass is 463 g/mol. The Hall–Kier alpha value is -4.38. The number of carbonyl (C=O) groups excluding carboxylic acids is 2. The first-order valence-electron chi connectivity index (χ1n) is 9.70. The highest BCUT2D eigenvalue weighted by atomic mass is 32.1. The van der Waals surface area contributed by atoms with E-state index in [0.717, 1.165) is 0 Å². The van der Waals surface area contributed by atoms with Crippen molar-refractivity contribution in [3.8, 4) is 5.75 Å². The lowest BCUT2D eigenvalue weighted by molar-refractivity contribution is -0.384. The molecule has 166 valence electrons. The first-order valence-corrected chi connectivity index (χ1v) is 10.6. The highest BCUT2D eigenvalue weighted by Gasteiger charge is 2.29. The summed E-state index contributed by atoms with van der Waals surface area (Å²) in [6.45, 7) is 1.33. The quantitative estimate of drug-likeness (QED) is 0.322. The van der Waals surface area contributed by atoms with E-state index in [1.807, 2.05) is 6.07 Å². The molecule has 1 N–H and O–H groups in total. The molecule has 11 heteroatoms. The lowest BCUT2D eigenvalue weighted by Gasteiger charge is -2.12. The number of hydrogen-bond donors (Lipinski definition) is 1. The number of nitro benzene ring substituents is 1. The van der Waals surface area contributed by atoms with Crippen LogP contribution in [0.3, 0.4) is 0 Å². The third-order valence-electron chi connectivity index (χ3n) is 4.60. The number of hydrazone groups is 1. The van der Waals surface area contributed by atoms with Gasteiger partial charge >= 0.3 is 0 Å². The van der Waals surface area contributed by atoms with E-state index in [-0.39, 0.29) is 35.1 Å². The summed E-state index contributed by atoms with van der Waals surface area (Å²) in [6.07, 6.45) is 3.04. The molecule has 1 aliphatic heterocycles. The molecule has 10 nitrogen and oxygen atoms in total. The number of nitro groups is 1. The highest BCUT2D eigenvalue weighted by molar-refractivity contribution is 7.13. The van der Waals surface area contributed by atoms with Crippen LogP contribution >= 0.6 is 11.3 Å². The van der Waals surface area contributed by atoms with Crippen LogP contribution in [0.5, 0.6) is 5.75 Å². The number of carbonyl (C=O) groups is 2. The van der Waals surface area contributed by atoms with Crippen LogP contribution in [0.2, 0.25) is 0 Å². The zero-order chi connectivity index (χ0) is 23.4. The molecule has 0 bridgehead atoms. The van der Waals surface area contributed by atoms with E-state index >= 15 is 0 Å². The van der Waals surface area contributed by atoms with Gasteiger partial charge in [0.05, 0.1) is 21.9 Å². The lowest BCUT2D eigenvalue weighted by Crippen LogP contribution is -2.21. The molecule has 0 unspecified atom stereocenters. The van der Waals surface area contributed by atoms with Gasteiger partial charge < -0.3 is 4.74 Å². The van der Waals surface area contributed by atoms with Crippen molar-refractivity contribution in [1.29, 1.82) is 0 Å². The summed E-state index contributed by atoms with van der Waals surface area (Å²) in [5, 5.41) is 21.6. The summed E-state index contributed by atoms with van der Waals surface area (Å²) in [7, 11) is 0. The fourth-order valence-electron chi connectivity index (χ4n) is 3.06. The number of para-hydroxylation sites is 1. The van der Waals surface area contributed by atoms with Gasteiger partial charge in [-0.25, -0.2) is 4.98 Å². The van der Waals surface area contributed by atoms with Crippen LogP contribution in [0.1, 0.15) is 12.5 Å². The van der Waals surface area contributed by atoms with E-state index in [9.17, 15) is 19.7 Å². The van der Waals surface area contributed by atoms with Crippen LogP contribution in [0.25, 0.3) is 6.08 Å². The van der Waals surface area contributed by atoms with Crippen LogP contribution in [0.4, 0.5) is 16.5 Å². The fourth-order valence-corrected chi connectivity index (χ4v) is 3.61. The second kappa shape index (κ2) is 9.40. The standard InChI is InChI=1S/C22H17N5O5S/c1-14-18(21(29)26(25-14)16-5-3-2-4-6-16)12-15-11-17(27(30)31)7-8-19(15)32-13-20(28)24-22-23-9-10-33-22/h2-12H,13H2,1H3,(H,23,24,28)/b18-12-. The zero-order valence-corrected chi connectivity index (χ0v) is 18.1. The minimum Gasteiger partial charge on any atom is -0.483 e. The Labute approximate surface area is 192 Å². The van der Waals surface area contributed by atoms with Gasteiger partial charge in [-0.15, -0.1) is 11.3 Å². The second-order valence-corrected chi connectivity index (χ2v) is 7.74. The first kappa shape index (κ1) is 21.8. The van der Waals surface area contributed by atoms with Gasteiger partial charge in [0.25, 0.3) is 17.5 Å². The number of thiazole rings is 1. The van der Waals surface area contributed by atoms with Crippen molar-refractivity contribution in [2.24, 2.45) is 5.10 Å². The predicted octanol–water partition coefficient (Wildman–Crippen LogP) is 3.87. The molecule has 2 aromatic carbocycles. The smallest absolute Gasteiger partial charge is 0.280 e. The molecular weight excluding hydrogens is 446 g/mol. The lowest BCUT2D eigenvalue weighted by atomic mass is 10.1. The molecule has 3 aromatic rings. The summed E-state index contributed by atoms with van der Waals surface area (Å²) in [5.74, 6) is -0.606. The molecule has 0 aliphatic carbocycles. The molecule has 0 spiro atoms. The number of anilines is 2. The number of rotatable bonds is 7. The fraction of sp³-hybridized carbons (Fsp3) is 0.0909. The van der Waals surface area contributed by atoms with Crippen LogP contribution in [0, 0.1) is 10.1 Å². The number of nitrogens with zero attached hydrogens (tertiary/aromatic N) is 4. The summed E-state index contributed by atoms with van der Waals surface area (Å²) >= 11 is 1.26. The highest BCUT2D eigenvalue weighted by Crippen LogP contribution is 2.30. The maximum Gasteiger partial charge on any atom is 0.280 e. The molecule has 0 radical (unpaired) electrons. The molecular formula is C22H17N5O5S. The van der Waals surface area contributed by atoms with Gasteiger partial charge in [-0.3, -0.25) is 25.0 Å². The maximum atomic E-state index is 13.0. The van der Waals surface area contributed by atoms with Gasteiger partial charge in [0.1, 0.15) is 5.75 Å². The van der Waals surface area contributed by atoms with E-state index in [0.29, 0.717) is 16.5 Å². The topological polar surface area (TPSA) is 127 Å². The number of non-ortho nitro benzene ring substituents is 1. The molecule has 0 fully saturated rings. The third-order valence-corrected chi connectivity index (χ3v) is 5.29.